The van der Waals surface area contributed by atoms with E-state index in [0.29, 0.717) is 6.42 Å². The number of carbonyl (C=O) groups excluding carboxylic acids is 1. The van der Waals surface area contributed by atoms with Gasteiger partial charge in [0.1, 0.15) is 3.53 Å². The summed E-state index contributed by atoms with van der Waals surface area (Å²) in [5.41, 5.74) is 0. The Hall–Kier alpha value is 0.260. The van der Waals surface area contributed by atoms with Crippen molar-refractivity contribution in [2.24, 2.45) is 0 Å². The SMILES string of the molecule is CCCSC(=S)SC1CC(=O)N1. The molecule has 1 fully saturated rings. The summed E-state index contributed by atoms with van der Waals surface area (Å²) in [6.07, 6.45) is 1.76. The lowest BCUT2D eigenvalue weighted by Gasteiger charge is -2.25. The van der Waals surface area contributed by atoms with Crippen LogP contribution in [0, 0.1) is 0 Å². The molecule has 1 atom stereocenters. The third kappa shape index (κ3) is 3.33. The van der Waals surface area contributed by atoms with E-state index in [1.54, 1.807) is 23.5 Å². The fourth-order valence-electron chi connectivity index (χ4n) is 0.734. The molecule has 0 bridgehead atoms. The average Bonchev–Trinajstić information content (AvgIpc) is 1.98. The molecule has 1 aliphatic heterocycles. The van der Waals surface area contributed by atoms with Gasteiger partial charge in [-0.25, -0.2) is 0 Å². The number of thioether (sulfide) groups is 2. The zero-order valence-electron chi connectivity index (χ0n) is 6.83. The van der Waals surface area contributed by atoms with Crippen LogP contribution in [0.5, 0.6) is 0 Å². The van der Waals surface area contributed by atoms with Gasteiger partial charge in [0.05, 0.1) is 11.8 Å². The van der Waals surface area contributed by atoms with Gasteiger partial charge in [0.15, 0.2) is 0 Å². The van der Waals surface area contributed by atoms with Crippen molar-refractivity contribution < 1.29 is 4.79 Å². The van der Waals surface area contributed by atoms with Crippen molar-refractivity contribution in [2.75, 3.05) is 5.75 Å². The Bertz CT molecular complexity index is 187. The van der Waals surface area contributed by atoms with Gasteiger partial charge in [-0.3, -0.25) is 4.79 Å². The molecule has 1 heterocycles. The van der Waals surface area contributed by atoms with Crippen molar-refractivity contribution in [3.63, 3.8) is 0 Å². The van der Waals surface area contributed by atoms with Crippen molar-refractivity contribution in [2.45, 2.75) is 25.1 Å². The number of thiocarbonyl (C=S) groups is 1. The topological polar surface area (TPSA) is 29.1 Å². The molecule has 68 valence electrons. The minimum absolute atomic E-state index is 0.135. The maximum absolute atomic E-state index is 10.5. The van der Waals surface area contributed by atoms with Gasteiger partial charge in [0.25, 0.3) is 0 Å². The Morgan fingerprint density at radius 3 is 3.00 bits per heavy atom. The summed E-state index contributed by atoms with van der Waals surface area (Å²) in [5.74, 6) is 1.21. The summed E-state index contributed by atoms with van der Waals surface area (Å²) in [4.78, 5) is 10.5. The minimum atomic E-state index is 0.135. The lowest BCUT2D eigenvalue weighted by Crippen LogP contribution is -2.46. The van der Waals surface area contributed by atoms with Crippen LogP contribution in [0.1, 0.15) is 19.8 Å². The Morgan fingerprint density at radius 2 is 2.50 bits per heavy atom. The normalized spacial score (nSPS) is 21.4. The lowest BCUT2D eigenvalue weighted by atomic mass is 10.3. The molecule has 5 heteroatoms. The second-order valence-corrected chi connectivity index (χ2v) is 5.98. The standard InChI is InChI=1S/C7H11NOS3/c1-2-3-11-7(10)12-6-4-5(9)8-6/h6H,2-4H2,1H3,(H,8,9). The van der Waals surface area contributed by atoms with Gasteiger partial charge in [0.2, 0.25) is 5.91 Å². The van der Waals surface area contributed by atoms with Crippen LogP contribution < -0.4 is 5.32 Å². The van der Waals surface area contributed by atoms with Crippen molar-refractivity contribution in [1.82, 2.24) is 5.32 Å². The summed E-state index contributed by atoms with van der Waals surface area (Å²) in [6.45, 7) is 2.13. The summed E-state index contributed by atoms with van der Waals surface area (Å²) in [5, 5.41) is 3.02. The molecule has 0 aromatic carbocycles. The highest BCUT2D eigenvalue weighted by atomic mass is 32.2. The van der Waals surface area contributed by atoms with E-state index >= 15 is 0 Å². The first-order valence-corrected chi connectivity index (χ1v) is 6.12. The number of hydrogen-bond donors (Lipinski definition) is 1. The zero-order chi connectivity index (χ0) is 8.97. The molecular formula is C7H11NOS3. The van der Waals surface area contributed by atoms with Crippen molar-refractivity contribution in [3.05, 3.63) is 0 Å². The van der Waals surface area contributed by atoms with E-state index in [1.165, 1.54) is 0 Å². The first-order chi connectivity index (χ1) is 5.72. The zero-order valence-corrected chi connectivity index (χ0v) is 9.28. The van der Waals surface area contributed by atoms with Crippen molar-refractivity contribution in [1.29, 1.82) is 0 Å². The van der Waals surface area contributed by atoms with Gasteiger partial charge in [-0.15, -0.1) is 11.8 Å². The van der Waals surface area contributed by atoms with E-state index in [4.69, 9.17) is 12.2 Å². The van der Waals surface area contributed by atoms with Crippen LogP contribution in [0.25, 0.3) is 0 Å². The number of hydrogen-bond acceptors (Lipinski definition) is 4. The highest BCUT2D eigenvalue weighted by Crippen LogP contribution is 2.26. The van der Waals surface area contributed by atoms with Crippen LogP contribution >= 0.6 is 35.7 Å². The van der Waals surface area contributed by atoms with E-state index in [0.717, 1.165) is 15.7 Å². The molecule has 1 rings (SSSR count). The van der Waals surface area contributed by atoms with Crippen molar-refractivity contribution >= 4 is 45.2 Å². The van der Waals surface area contributed by atoms with Crippen LogP contribution in [0.4, 0.5) is 0 Å². The summed E-state index contributed by atoms with van der Waals surface area (Å²) in [6, 6.07) is 0. The van der Waals surface area contributed by atoms with Gasteiger partial charge >= 0.3 is 0 Å². The Kier molecular flexibility index (Phi) is 4.39. The maximum Gasteiger partial charge on any atom is 0.223 e. The largest absolute Gasteiger partial charge is 0.343 e. The molecule has 2 nitrogen and oxygen atoms in total. The molecule has 1 unspecified atom stereocenters. The number of nitrogens with one attached hydrogen (secondary N) is 1. The van der Waals surface area contributed by atoms with Gasteiger partial charge in [-0.1, -0.05) is 30.9 Å². The molecule has 0 aliphatic carbocycles. The molecule has 1 amide bonds. The minimum Gasteiger partial charge on any atom is -0.343 e. The monoisotopic (exact) mass is 221 g/mol. The van der Waals surface area contributed by atoms with E-state index in [-0.39, 0.29) is 11.3 Å². The molecule has 12 heavy (non-hydrogen) atoms. The van der Waals surface area contributed by atoms with E-state index < -0.39 is 0 Å². The van der Waals surface area contributed by atoms with Crippen LogP contribution in [0.2, 0.25) is 0 Å². The molecule has 0 aromatic rings. The van der Waals surface area contributed by atoms with Crippen LogP contribution in [0.3, 0.4) is 0 Å². The summed E-state index contributed by atoms with van der Waals surface area (Å²) < 4.78 is 0.946. The van der Waals surface area contributed by atoms with E-state index in [1.807, 2.05) is 0 Å². The fourth-order valence-corrected chi connectivity index (χ4v) is 3.23. The maximum atomic E-state index is 10.5. The van der Waals surface area contributed by atoms with E-state index in [9.17, 15) is 4.79 Å². The third-order valence-electron chi connectivity index (χ3n) is 1.36. The highest BCUT2D eigenvalue weighted by Gasteiger charge is 2.26. The Balaban J connectivity index is 2.06. The molecule has 1 aliphatic rings. The summed E-state index contributed by atoms with van der Waals surface area (Å²) in [7, 11) is 0. The molecule has 0 saturated carbocycles. The second-order valence-electron chi connectivity index (χ2n) is 2.48. The van der Waals surface area contributed by atoms with Gasteiger partial charge < -0.3 is 5.32 Å². The molecule has 0 radical (unpaired) electrons. The highest BCUT2D eigenvalue weighted by molar-refractivity contribution is 8.47. The molecule has 1 N–H and O–H groups in total. The fraction of sp³-hybridized carbons (Fsp3) is 0.714. The Morgan fingerprint density at radius 1 is 1.83 bits per heavy atom. The number of amides is 1. The lowest BCUT2D eigenvalue weighted by molar-refractivity contribution is -0.126. The molecule has 0 spiro atoms. The predicted molar refractivity (Wildman–Crippen MR) is 59.5 cm³/mol. The number of carbonyl (C=O) groups is 1. The molecular weight excluding hydrogens is 210 g/mol. The van der Waals surface area contributed by atoms with Crippen LogP contribution in [-0.2, 0) is 4.79 Å². The smallest absolute Gasteiger partial charge is 0.223 e. The predicted octanol–water partition coefficient (Wildman–Crippen LogP) is 1.99. The quantitative estimate of drug-likeness (QED) is 0.583. The molecule has 0 aromatic heterocycles. The van der Waals surface area contributed by atoms with Gasteiger partial charge in [-0.05, 0) is 12.2 Å². The van der Waals surface area contributed by atoms with Crippen LogP contribution in [0.15, 0.2) is 0 Å². The number of rotatable bonds is 3. The Labute approximate surface area is 86.2 Å². The molecule has 1 saturated heterocycles. The van der Waals surface area contributed by atoms with Crippen LogP contribution in [-0.4, -0.2) is 20.6 Å². The third-order valence-corrected chi connectivity index (χ3v) is 4.25. The number of β-lactam (4-membered cyclic amide) rings is 1. The first kappa shape index (κ1) is 10.3. The second kappa shape index (κ2) is 5.09. The average molecular weight is 221 g/mol. The first-order valence-electron chi connectivity index (χ1n) is 3.85. The van der Waals surface area contributed by atoms with Crippen molar-refractivity contribution in [3.8, 4) is 0 Å². The van der Waals surface area contributed by atoms with E-state index in [2.05, 4.69) is 12.2 Å². The summed E-state index contributed by atoms with van der Waals surface area (Å²) >= 11 is 8.40. The van der Waals surface area contributed by atoms with Gasteiger partial charge in [0, 0.05) is 0 Å². The van der Waals surface area contributed by atoms with Gasteiger partial charge in [-0.2, -0.15) is 0 Å².